The van der Waals surface area contributed by atoms with Gasteiger partial charge in [0.1, 0.15) is 10.8 Å². The number of nitro groups is 1. The van der Waals surface area contributed by atoms with Crippen molar-refractivity contribution < 1.29 is 24.0 Å². The van der Waals surface area contributed by atoms with Gasteiger partial charge >= 0.3 is 5.97 Å². The lowest BCUT2D eigenvalue weighted by atomic mass is 10.1. The topological polar surface area (TPSA) is 120 Å². The summed E-state index contributed by atoms with van der Waals surface area (Å²) < 4.78 is 10.2. The number of thiophene rings is 1. The zero-order valence-corrected chi connectivity index (χ0v) is 17.4. The molecule has 0 unspecified atom stereocenters. The van der Waals surface area contributed by atoms with E-state index in [4.69, 9.17) is 9.47 Å². The molecule has 10 heteroatoms. The standard InChI is InChI=1S/C19H23N3O6S/c1-5-28-19(24)13-9-16(11(2)3)29-18(13)21-17(23)10-20-14-7-6-12(22(25)26)8-15(14)27-4/h6-9,11,20H,5,10H2,1-4H3,(H,21,23). The highest BCUT2D eigenvalue weighted by Crippen LogP contribution is 2.33. The number of methoxy groups -OCH3 is 1. The van der Waals surface area contributed by atoms with Crippen molar-refractivity contribution in [2.75, 3.05) is 30.9 Å². The summed E-state index contributed by atoms with van der Waals surface area (Å²) in [5.41, 5.74) is 0.644. The molecular formula is C19H23N3O6S. The Morgan fingerprint density at radius 1 is 1.28 bits per heavy atom. The van der Waals surface area contributed by atoms with Gasteiger partial charge in [-0.1, -0.05) is 13.8 Å². The number of carbonyl (C=O) groups is 2. The maximum atomic E-state index is 12.4. The van der Waals surface area contributed by atoms with Crippen LogP contribution in [0, 0.1) is 10.1 Å². The van der Waals surface area contributed by atoms with E-state index in [0.717, 1.165) is 4.88 Å². The lowest BCUT2D eigenvalue weighted by molar-refractivity contribution is -0.384. The van der Waals surface area contributed by atoms with Crippen LogP contribution in [0.15, 0.2) is 24.3 Å². The first-order chi connectivity index (χ1) is 13.8. The molecule has 29 heavy (non-hydrogen) atoms. The van der Waals surface area contributed by atoms with Gasteiger partial charge in [-0.25, -0.2) is 4.79 Å². The second-order valence-corrected chi connectivity index (χ2v) is 7.39. The molecule has 2 rings (SSSR count). The third-order valence-corrected chi connectivity index (χ3v) is 5.25. The molecule has 1 aromatic heterocycles. The predicted octanol–water partition coefficient (Wildman–Crippen LogP) is 4.02. The fraction of sp³-hybridized carbons (Fsp3) is 0.368. The summed E-state index contributed by atoms with van der Waals surface area (Å²) in [6.07, 6.45) is 0. The van der Waals surface area contributed by atoms with E-state index in [1.807, 2.05) is 13.8 Å². The van der Waals surface area contributed by atoms with Crippen molar-refractivity contribution in [2.24, 2.45) is 0 Å². The van der Waals surface area contributed by atoms with Crippen molar-refractivity contribution in [3.05, 3.63) is 44.8 Å². The van der Waals surface area contributed by atoms with Gasteiger partial charge in [0.25, 0.3) is 5.69 Å². The number of hydrogen-bond donors (Lipinski definition) is 2. The molecule has 2 N–H and O–H groups in total. The minimum absolute atomic E-state index is 0.115. The monoisotopic (exact) mass is 421 g/mol. The summed E-state index contributed by atoms with van der Waals surface area (Å²) in [5, 5.41) is 16.9. The molecule has 0 saturated heterocycles. The average molecular weight is 421 g/mol. The largest absolute Gasteiger partial charge is 0.494 e. The highest BCUT2D eigenvalue weighted by Gasteiger charge is 2.20. The number of nitrogens with zero attached hydrogens (tertiary/aromatic N) is 1. The zero-order valence-electron chi connectivity index (χ0n) is 16.6. The molecule has 0 aliphatic heterocycles. The summed E-state index contributed by atoms with van der Waals surface area (Å²) in [7, 11) is 1.38. The smallest absolute Gasteiger partial charge is 0.341 e. The Kier molecular flexibility index (Phi) is 7.54. The summed E-state index contributed by atoms with van der Waals surface area (Å²) >= 11 is 1.32. The van der Waals surface area contributed by atoms with Gasteiger partial charge in [0.05, 0.1) is 42.5 Å². The van der Waals surface area contributed by atoms with Gasteiger partial charge in [-0.05, 0) is 25.0 Å². The fourth-order valence-corrected chi connectivity index (χ4v) is 3.50. The molecule has 1 aromatic carbocycles. The molecule has 2 aromatic rings. The fourth-order valence-electron chi connectivity index (χ4n) is 2.43. The number of amides is 1. The number of hydrogen-bond acceptors (Lipinski definition) is 8. The first-order valence-electron chi connectivity index (χ1n) is 8.93. The molecule has 0 aliphatic carbocycles. The third kappa shape index (κ3) is 5.67. The molecule has 0 spiro atoms. The molecule has 0 radical (unpaired) electrons. The number of benzene rings is 1. The summed E-state index contributed by atoms with van der Waals surface area (Å²) in [6, 6.07) is 5.79. The van der Waals surface area contributed by atoms with Crippen LogP contribution in [0.4, 0.5) is 16.4 Å². The van der Waals surface area contributed by atoms with Gasteiger partial charge in [-0.15, -0.1) is 11.3 Å². The Hall–Kier alpha value is -3.14. The highest BCUT2D eigenvalue weighted by atomic mass is 32.1. The van der Waals surface area contributed by atoms with E-state index in [2.05, 4.69) is 10.6 Å². The van der Waals surface area contributed by atoms with E-state index < -0.39 is 10.9 Å². The van der Waals surface area contributed by atoms with E-state index in [-0.39, 0.29) is 36.4 Å². The lowest BCUT2D eigenvalue weighted by Gasteiger charge is -2.11. The SMILES string of the molecule is CCOC(=O)c1cc(C(C)C)sc1NC(=O)CNc1ccc([N+](=O)[O-])cc1OC. The number of esters is 1. The van der Waals surface area contributed by atoms with E-state index >= 15 is 0 Å². The average Bonchev–Trinajstić information content (AvgIpc) is 3.10. The molecule has 0 fully saturated rings. The van der Waals surface area contributed by atoms with Gasteiger partial charge in [0, 0.05) is 10.9 Å². The summed E-state index contributed by atoms with van der Waals surface area (Å²) in [6.45, 7) is 5.82. The summed E-state index contributed by atoms with van der Waals surface area (Å²) in [5.74, 6) is -0.428. The van der Waals surface area contributed by atoms with Crippen molar-refractivity contribution in [3.63, 3.8) is 0 Å². The van der Waals surface area contributed by atoms with Crippen LogP contribution < -0.4 is 15.4 Å². The molecule has 0 saturated carbocycles. The Balaban J connectivity index is 2.11. The number of carbonyl (C=O) groups excluding carboxylic acids is 2. The van der Waals surface area contributed by atoms with Crippen LogP contribution in [0.2, 0.25) is 0 Å². The Morgan fingerprint density at radius 2 is 2.00 bits per heavy atom. The van der Waals surface area contributed by atoms with Gasteiger partial charge in [0.15, 0.2) is 0 Å². The predicted molar refractivity (Wildman–Crippen MR) is 111 cm³/mol. The van der Waals surface area contributed by atoms with Crippen molar-refractivity contribution >= 4 is 39.6 Å². The Morgan fingerprint density at radius 3 is 2.59 bits per heavy atom. The number of non-ortho nitro benzene ring substituents is 1. The maximum absolute atomic E-state index is 12.4. The normalized spacial score (nSPS) is 10.5. The zero-order chi connectivity index (χ0) is 21.6. The van der Waals surface area contributed by atoms with E-state index in [1.165, 1.54) is 36.6 Å². The minimum Gasteiger partial charge on any atom is -0.494 e. The Labute approximate surface area is 172 Å². The molecule has 1 amide bonds. The second kappa shape index (κ2) is 9.87. The van der Waals surface area contributed by atoms with E-state index in [9.17, 15) is 19.7 Å². The molecule has 9 nitrogen and oxygen atoms in total. The number of anilines is 2. The lowest BCUT2D eigenvalue weighted by Crippen LogP contribution is -2.22. The van der Waals surface area contributed by atoms with E-state index in [0.29, 0.717) is 16.3 Å². The number of rotatable bonds is 9. The van der Waals surface area contributed by atoms with Crippen LogP contribution in [0.25, 0.3) is 0 Å². The first-order valence-corrected chi connectivity index (χ1v) is 9.75. The molecular weight excluding hydrogens is 398 g/mol. The van der Waals surface area contributed by atoms with Crippen molar-refractivity contribution in [1.82, 2.24) is 0 Å². The van der Waals surface area contributed by atoms with Crippen LogP contribution in [0.1, 0.15) is 41.9 Å². The van der Waals surface area contributed by atoms with Crippen LogP contribution in [0.5, 0.6) is 5.75 Å². The third-order valence-electron chi connectivity index (χ3n) is 3.90. The van der Waals surface area contributed by atoms with Crippen LogP contribution in [-0.2, 0) is 9.53 Å². The minimum atomic E-state index is -0.529. The maximum Gasteiger partial charge on any atom is 0.341 e. The van der Waals surface area contributed by atoms with Gasteiger partial charge < -0.3 is 20.1 Å². The van der Waals surface area contributed by atoms with Gasteiger partial charge in [-0.3, -0.25) is 14.9 Å². The highest BCUT2D eigenvalue weighted by molar-refractivity contribution is 7.16. The molecule has 1 heterocycles. The Bertz CT molecular complexity index is 909. The van der Waals surface area contributed by atoms with Crippen molar-refractivity contribution in [1.29, 1.82) is 0 Å². The molecule has 0 atom stereocenters. The quantitative estimate of drug-likeness (QED) is 0.356. The van der Waals surface area contributed by atoms with Crippen LogP contribution >= 0.6 is 11.3 Å². The van der Waals surface area contributed by atoms with Crippen LogP contribution in [0.3, 0.4) is 0 Å². The van der Waals surface area contributed by atoms with Crippen molar-refractivity contribution in [2.45, 2.75) is 26.7 Å². The summed E-state index contributed by atoms with van der Waals surface area (Å²) in [4.78, 5) is 35.9. The van der Waals surface area contributed by atoms with Gasteiger partial charge in [0.2, 0.25) is 5.91 Å². The second-order valence-electron chi connectivity index (χ2n) is 6.31. The van der Waals surface area contributed by atoms with E-state index in [1.54, 1.807) is 13.0 Å². The van der Waals surface area contributed by atoms with Crippen molar-refractivity contribution in [3.8, 4) is 5.75 Å². The van der Waals surface area contributed by atoms with Gasteiger partial charge in [-0.2, -0.15) is 0 Å². The molecule has 0 bridgehead atoms. The molecule has 156 valence electrons. The first kappa shape index (κ1) is 22.2. The number of nitro benzene ring substituents is 1. The van der Waals surface area contributed by atoms with Crippen LogP contribution in [-0.4, -0.2) is 37.1 Å². The molecule has 0 aliphatic rings. The number of ether oxygens (including phenoxy) is 2. The number of nitrogens with one attached hydrogen (secondary N) is 2.